The topological polar surface area (TPSA) is 70.5 Å². The second kappa shape index (κ2) is 7.21. The Hall–Kier alpha value is -2.39. The van der Waals surface area contributed by atoms with Crippen LogP contribution in [0.4, 0.5) is 19.0 Å². The maximum absolute atomic E-state index is 12.9. The first-order valence-corrected chi connectivity index (χ1v) is 9.18. The highest BCUT2D eigenvalue weighted by Crippen LogP contribution is 2.38. The summed E-state index contributed by atoms with van der Waals surface area (Å²) in [4.78, 5) is 2.15. The van der Waals surface area contributed by atoms with Crippen LogP contribution in [0, 0.1) is 6.92 Å². The molecule has 2 aliphatic heterocycles. The van der Waals surface area contributed by atoms with E-state index in [9.17, 15) is 18.3 Å². The average molecular weight is 394 g/mol. The molecule has 2 atom stereocenters. The number of benzene rings is 1. The van der Waals surface area contributed by atoms with Crippen molar-refractivity contribution in [1.82, 2.24) is 15.5 Å². The Bertz CT molecular complexity index is 832. The lowest BCUT2D eigenvalue weighted by molar-refractivity contribution is -0.137. The van der Waals surface area contributed by atoms with Gasteiger partial charge in [-0.15, -0.1) is 10.2 Å². The molecule has 6 nitrogen and oxygen atoms in total. The summed E-state index contributed by atoms with van der Waals surface area (Å²) in [6.07, 6.45) is -3.43. The van der Waals surface area contributed by atoms with Crippen LogP contribution in [0.1, 0.15) is 17.5 Å². The maximum atomic E-state index is 12.9. The molecule has 0 saturated carbocycles. The lowest BCUT2D eigenvalue weighted by Gasteiger charge is -2.44. The summed E-state index contributed by atoms with van der Waals surface area (Å²) in [6, 6.07) is 5.36. The molecular weight excluding hydrogens is 373 g/mol. The highest BCUT2D eigenvalue weighted by molar-refractivity contribution is 5.71. The van der Waals surface area contributed by atoms with Gasteiger partial charge in [-0.05, 0) is 49.7 Å². The number of alkyl halides is 3. The normalized spacial score (nSPS) is 22.8. The van der Waals surface area contributed by atoms with Crippen LogP contribution in [0.5, 0.6) is 5.75 Å². The zero-order valence-corrected chi connectivity index (χ0v) is 15.3. The fourth-order valence-electron chi connectivity index (χ4n) is 3.95. The number of rotatable bonds is 2. The molecule has 1 aromatic heterocycles. The monoisotopic (exact) mass is 394 g/mol. The summed E-state index contributed by atoms with van der Waals surface area (Å²) in [5.41, 5.74) is -0.0115. The molecule has 2 N–H and O–H groups in total. The van der Waals surface area contributed by atoms with E-state index in [0.717, 1.165) is 31.6 Å². The van der Waals surface area contributed by atoms with Gasteiger partial charge in [0.15, 0.2) is 5.82 Å². The van der Waals surface area contributed by atoms with Crippen LogP contribution in [-0.4, -0.2) is 53.7 Å². The summed E-state index contributed by atoms with van der Waals surface area (Å²) >= 11 is 0. The number of anilines is 1. The first kappa shape index (κ1) is 18.9. The Morgan fingerprint density at radius 2 is 2.07 bits per heavy atom. The van der Waals surface area contributed by atoms with Gasteiger partial charge in [-0.3, -0.25) is 0 Å². The van der Waals surface area contributed by atoms with Crippen molar-refractivity contribution >= 4 is 5.82 Å². The van der Waals surface area contributed by atoms with Gasteiger partial charge in [0.25, 0.3) is 0 Å². The number of aromatic hydroxyl groups is 1. The summed E-state index contributed by atoms with van der Waals surface area (Å²) in [5.74, 6) is 0.229. The van der Waals surface area contributed by atoms with E-state index in [-0.39, 0.29) is 23.3 Å². The number of nitrogens with one attached hydrogen (secondary N) is 1. The van der Waals surface area contributed by atoms with E-state index in [4.69, 9.17) is 4.74 Å². The summed E-state index contributed by atoms with van der Waals surface area (Å²) in [6.45, 7) is 4.55. The molecule has 9 heteroatoms. The lowest BCUT2D eigenvalue weighted by Crippen LogP contribution is -2.59. The first-order chi connectivity index (χ1) is 13.3. The van der Waals surface area contributed by atoms with Crippen molar-refractivity contribution in [3.05, 3.63) is 35.4 Å². The third-order valence-corrected chi connectivity index (χ3v) is 5.30. The SMILES string of the molecule is Cc1cc(C(F)(F)F)cc(O)c1-c1ccc(N2CCO[C@@H]3CCNC[C@@H]32)nn1. The van der Waals surface area contributed by atoms with E-state index >= 15 is 0 Å². The summed E-state index contributed by atoms with van der Waals surface area (Å²) < 4.78 is 44.6. The molecule has 28 heavy (non-hydrogen) atoms. The van der Waals surface area contributed by atoms with Gasteiger partial charge in [-0.1, -0.05) is 0 Å². The molecule has 0 unspecified atom stereocenters. The van der Waals surface area contributed by atoms with Crippen LogP contribution in [0.2, 0.25) is 0 Å². The van der Waals surface area contributed by atoms with Gasteiger partial charge in [0.05, 0.1) is 30.0 Å². The van der Waals surface area contributed by atoms with Crippen LogP contribution in [0.15, 0.2) is 24.3 Å². The van der Waals surface area contributed by atoms with Crippen LogP contribution < -0.4 is 10.2 Å². The van der Waals surface area contributed by atoms with Crippen molar-refractivity contribution in [3.63, 3.8) is 0 Å². The number of hydrogen-bond acceptors (Lipinski definition) is 6. The number of hydrogen-bond donors (Lipinski definition) is 2. The number of nitrogens with zero attached hydrogens (tertiary/aromatic N) is 3. The molecule has 1 aromatic carbocycles. The zero-order chi connectivity index (χ0) is 19.9. The number of piperidine rings is 1. The minimum atomic E-state index is -4.52. The Labute approximate surface area is 160 Å². The zero-order valence-electron chi connectivity index (χ0n) is 15.3. The molecule has 0 aliphatic carbocycles. The molecule has 4 rings (SSSR count). The van der Waals surface area contributed by atoms with Gasteiger partial charge in [-0.2, -0.15) is 13.2 Å². The number of morpholine rings is 1. The molecule has 0 amide bonds. The maximum Gasteiger partial charge on any atom is 0.416 e. The molecule has 0 bridgehead atoms. The van der Waals surface area contributed by atoms with Gasteiger partial charge in [-0.25, -0.2) is 0 Å². The van der Waals surface area contributed by atoms with Crippen molar-refractivity contribution < 1.29 is 23.0 Å². The minimum absolute atomic E-state index is 0.151. The van der Waals surface area contributed by atoms with Gasteiger partial charge in [0.2, 0.25) is 0 Å². The quantitative estimate of drug-likeness (QED) is 0.816. The number of fused-ring (bicyclic) bond motifs is 1. The largest absolute Gasteiger partial charge is 0.507 e. The van der Waals surface area contributed by atoms with Gasteiger partial charge >= 0.3 is 6.18 Å². The fourth-order valence-corrected chi connectivity index (χ4v) is 3.95. The second-order valence-corrected chi connectivity index (χ2v) is 7.12. The minimum Gasteiger partial charge on any atom is -0.507 e. The molecule has 2 aliphatic rings. The van der Waals surface area contributed by atoms with Crippen LogP contribution in [-0.2, 0) is 10.9 Å². The average Bonchev–Trinajstić information content (AvgIpc) is 2.67. The summed E-state index contributed by atoms with van der Waals surface area (Å²) in [7, 11) is 0. The standard InChI is InChI=1S/C19H21F3N4O2/c1-11-8-12(19(20,21)22)9-15(27)18(11)13-2-3-17(25-24-13)26-6-7-28-16-4-5-23-10-14(16)26/h2-3,8-9,14,16,23,27H,4-7,10H2,1H3/t14-,16+/m0/s1. The van der Waals surface area contributed by atoms with Gasteiger partial charge in [0.1, 0.15) is 5.75 Å². The summed E-state index contributed by atoms with van der Waals surface area (Å²) in [5, 5.41) is 22.0. The number of aryl methyl sites for hydroxylation is 1. The van der Waals surface area contributed by atoms with Crippen molar-refractivity contribution in [1.29, 1.82) is 0 Å². The molecule has 2 aromatic rings. The van der Waals surface area contributed by atoms with Crippen LogP contribution in [0.3, 0.4) is 0 Å². The Morgan fingerprint density at radius 3 is 2.75 bits per heavy atom. The molecular formula is C19H21F3N4O2. The van der Waals surface area contributed by atoms with E-state index in [1.54, 1.807) is 12.1 Å². The third kappa shape index (κ3) is 3.51. The van der Waals surface area contributed by atoms with E-state index in [1.807, 2.05) is 0 Å². The molecule has 0 radical (unpaired) electrons. The number of ether oxygens (including phenoxy) is 1. The lowest BCUT2D eigenvalue weighted by atomic mass is 9.99. The van der Waals surface area contributed by atoms with E-state index in [0.29, 0.717) is 24.7 Å². The predicted molar refractivity (Wildman–Crippen MR) is 97.2 cm³/mol. The number of phenolic OH excluding ortho intramolecular Hbond substituents is 1. The Morgan fingerprint density at radius 1 is 1.25 bits per heavy atom. The first-order valence-electron chi connectivity index (χ1n) is 9.18. The van der Waals surface area contributed by atoms with Crippen LogP contribution in [0.25, 0.3) is 11.3 Å². The number of halogens is 3. The highest BCUT2D eigenvalue weighted by Gasteiger charge is 2.35. The third-order valence-electron chi connectivity index (χ3n) is 5.30. The van der Waals surface area contributed by atoms with Crippen molar-refractivity contribution in [2.24, 2.45) is 0 Å². The predicted octanol–water partition coefficient (Wildman–Crippen LogP) is 2.74. The Balaban J connectivity index is 1.62. The molecule has 2 saturated heterocycles. The van der Waals surface area contributed by atoms with Crippen molar-refractivity contribution in [3.8, 4) is 17.0 Å². The highest BCUT2D eigenvalue weighted by atomic mass is 19.4. The van der Waals surface area contributed by atoms with Gasteiger partial charge < -0.3 is 20.1 Å². The van der Waals surface area contributed by atoms with Gasteiger partial charge in [0, 0.05) is 18.7 Å². The molecule has 150 valence electrons. The van der Waals surface area contributed by atoms with E-state index < -0.39 is 17.5 Å². The second-order valence-electron chi connectivity index (χ2n) is 7.12. The van der Waals surface area contributed by atoms with Crippen LogP contribution >= 0.6 is 0 Å². The smallest absolute Gasteiger partial charge is 0.416 e. The molecule has 2 fully saturated rings. The molecule has 3 heterocycles. The van der Waals surface area contributed by atoms with Crippen molar-refractivity contribution in [2.45, 2.75) is 31.7 Å². The molecule has 0 spiro atoms. The van der Waals surface area contributed by atoms with E-state index in [1.165, 1.54) is 6.92 Å². The number of aromatic nitrogens is 2. The Kier molecular flexibility index (Phi) is 4.88. The number of phenols is 1. The fraction of sp³-hybridized carbons (Fsp3) is 0.474. The van der Waals surface area contributed by atoms with E-state index in [2.05, 4.69) is 20.4 Å². The van der Waals surface area contributed by atoms with Crippen molar-refractivity contribution in [2.75, 3.05) is 31.1 Å².